The van der Waals surface area contributed by atoms with E-state index in [2.05, 4.69) is 22.0 Å². The molecular weight excluding hydrogens is 474 g/mol. The van der Waals surface area contributed by atoms with Crippen LogP contribution in [0.1, 0.15) is 45.4 Å². The number of nitrogens with zero attached hydrogens (tertiary/aromatic N) is 4. The van der Waals surface area contributed by atoms with Crippen molar-refractivity contribution in [2.24, 2.45) is 4.99 Å². The summed E-state index contributed by atoms with van der Waals surface area (Å²) in [5.41, 5.74) is 18.8. The van der Waals surface area contributed by atoms with E-state index in [1.807, 2.05) is 50.3 Å². The molecule has 4 aromatic rings. The van der Waals surface area contributed by atoms with Crippen LogP contribution in [-0.2, 0) is 13.1 Å². The molecule has 0 aliphatic rings. The topological polar surface area (TPSA) is 124 Å². The summed E-state index contributed by atoms with van der Waals surface area (Å²) < 4.78 is 1.68. The van der Waals surface area contributed by atoms with E-state index in [0.717, 1.165) is 33.6 Å². The van der Waals surface area contributed by atoms with Crippen molar-refractivity contribution in [1.82, 2.24) is 20.1 Å². The second-order valence-electron chi connectivity index (χ2n) is 8.64. The summed E-state index contributed by atoms with van der Waals surface area (Å²) >= 11 is 6.11. The number of hydrogen-bond donors (Lipinski definition) is 3. The smallest absolute Gasteiger partial charge is 0.270 e. The Bertz CT molecular complexity index is 1490. The zero-order valence-electron chi connectivity index (χ0n) is 20.5. The number of aromatic nitrogens is 3. The number of anilines is 2. The third kappa shape index (κ3) is 5.08. The maximum absolute atomic E-state index is 13.5. The molecule has 9 heteroatoms. The number of allylic oxidation sites excluding steroid dienone is 1. The fourth-order valence-corrected chi connectivity index (χ4v) is 4.43. The van der Waals surface area contributed by atoms with Gasteiger partial charge in [0.2, 0.25) is 0 Å². The molecule has 0 radical (unpaired) electrons. The van der Waals surface area contributed by atoms with Crippen LogP contribution in [-0.4, -0.2) is 27.4 Å². The van der Waals surface area contributed by atoms with Crippen LogP contribution in [0, 0.1) is 13.8 Å². The maximum atomic E-state index is 13.5. The minimum absolute atomic E-state index is 0.285. The lowest BCUT2D eigenvalue weighted by Crippen LogP contribution is -2.27. The molecule has 0 atom stereocenters. The third-order valence-electron chi connectivity index (χ3n) is 5.96. The summed E-state index contributed by atoms with van der Waals surface area (Å²) in [6.07, 6.45) is 1.82. The number of pyridine rings is 1. The predicted octanol–water partition coefficient (Wildman–Crippen LogP) is 5.12. The number of nitrogen functional groups attached to an aromatic ring is 2. The SMILES string of the molecule is C=Nc1ccc(Cn2nc3cccc(N)c3c2C(=O)NCc2c(C)cc(N)nc2C)cc1/C=C(\C)Cl. The Labute approximate surface area is 214 Å². The fraction of sp³-hybridized carbons (Fsp3) is 0.185. The van der Waals surface area contributed by atoms with Crippen molar-refractivity contribution in [3.8, 4) is 0 Å². The van der Waals surface area contributed by atoms with E-state index in [-0.39, 0.29) is 5.91 Å². The second-order valence-corrected chi connectivity index (χ2v) is 9.24. The summed E-state index contributed by atoms with van der Waals surface area (Å²) in [7, 11) is 0. The van der Waals surface area contributed by atoms with Gasteiger partial charge in [0.25, 0.3) is 5.91 Å². The van der Waals surface area contributed by atoms with Crippen molar-refractivity contribution in [3.05, 3.63) is 81.1 Å². The Morgan fingerprint density at radius 2 is 2.00 bits per heavy atom. The minimum atomic E-state index is -0.285. The van der Waals surface area contributed by atoms with Crippen molar-refractivity contribution >= 4 is 58.4 Å². The van der Waals surface area contributed by atoms with Gasteiger partial charge in [0.05, 0.1) is 23.1 Å². The van der Waals surface area contributed by atoms with Crippen molar-refractivity contribution in [2.45, 2.75) is 33.9 Å². The van der Waals surface area contributed by atoms with Crippen LogP contribution in [0.5, 0.6) is 0 Å². The second kappa shape index (κ2) is 10.2. The first-order valence-electron chi connectivity index (χ1n) is 11.4. The number of carbonyl (C=O) groups is 1. The Balaban J connectivity index is 1.72. The molecule has 4 rings (SSSR count). The lowest BCUT2D eigenvalue weighted by atomic mass is 10.1. The highest BCUT2D eigenvalue weighted by Crippen LogP contribution is 2.28. The molecule has 2 aromatic carbocycles. The molecule has 8 nitrogen and oxygen atoms in total. The van der Waals surface area contributed by atoms with Crippen LogP contribution in [0.25, 0.3) is 17.0 Å². The molecule has 0 saturated carbocycles. The van der Waals surface area contributed by atoms with E-state index < -0.39 is 0 Å². The number of aliphatic imine (C=N–C) groups is 1. The summed E-state index contributed by atoms with van der Waals surface area (Å²) in [4.78, 5) is 21.9. The maximum Gasteiger partial charge on any atom is 0.270 e. The molecule has 0 unspecified atom stereocenters. The Morgan fingerprint density at radius 3 is 2.69 bits per heavy atom. The number of amides is 1. The van der Waals surface area contributed by atoms with Gasteiger partial charge in [0, 0.05) is 28.5 Å². The summed E-state index contributed by atoms with van der Waals surface area (Å²) in [5.74, 6) is 0.167. The van der Waals surface area contributed by atoms with Gasteiger partial charge in [-0.1, -0.05) is 23.7 Å². The molecule has 0 aliphatic carbocycles. The number of hydrogen-bond acceptors (Lipinski definition) is 6. The highest BCUT2D eigenvalue weighted by Gasteiger charge is 2.21. The van der Waals surface area contributed by atoms with Gasteiger partial charge < -0.3 is 16.8 Å². The average Bonchev–Trinajstić information content (AvgIpc) is 3.17. The first-order chi connectivity index (χ1) is 17.2. The molecule has 184 valence electrons. The Kier molecular flexibility index (Phi) is 7.07. The highest BCUT2D eigenvalue weighted by molar-refractivity contribution is 6.31. The van der Waals surface area contributed by atoms with Gasteiger partial charge in [-0.25, -0.2) is 4.98 Å². The van der Waals surface area contributed by atoms with Gasteiger partial charge in [-0.05, 0) is 80.6 Å². The summed E-state index contributed by atoms with van der Waals surface area (Å²) in [6, 6.07) is 13.0. The van der Waals surface area contributed by atoms with E-state index in [1.54, 1.807) is 23.7 Å². The number of fused-ring (bicyclic) bond motifs is 1. The lowest BCUT2D eigenvalue weighted by Gasteiger charge is -2.13. The molecule has 0 spiro atoms. The number of nitrogens with one attached hydrogen (secondary N) is 1. The molecule has 0 bridgehead atoms. The summed E-state index contributed by atoms with van der Waals surface area (Å²) in [6.45, 7) is 9.89. The molecule has 1 amide bonds. The fourth-order valence-electron chi connectivity index (χ4n) is 4.31. The van der Waals surface area contributed by atoms with Crippen LogP contribution in [0.15, 0.2) is 52.5 Å². The monoisotopic (exact) mass is 501 g/mol. The van der Waals surface area contributed by atoms with Gasteiger partial charge in [-0.2, -0.15) is 5.10 Å². The van der Waals surface area contributed by atoms with Gasteiger partial charge in [0.15, 0.2) is 0 Å². The molecule has 2 aromatic heterocycles. The molecule has 0 saturated heterocycles. The number of halogens is 1. The highest BCUT2D eigenvalue weighted by atomic mass is 35.5. The van der Waals surface area contributed by atoms with Crippen LogP contribution < -0.4 is 16.8 Å². The van der Waals surface area contributed by atoms with Gasteiger partial charge in [-0.15, -0.1) is 0 Å². The number of carbonyl (C=O) groups excluding carboxylic acids is 1. The molecule has 0 aliphatic heterocycles. The van der Waals surface area contributed by atoms with Gasteiger partial charge >= 0.3 is 0 Å². The molecular formula is C27H28ClN7O. The molecule has 36 heavy (non-hydrogen) atoms. The van der Waals surface area contributed by atoms with E-state index in [4.69, 9.17) is 28.2 Å². The summed E-state index contributed by atoms with van der Waals surface area (Å²) in [5, 5.41) is 8.95. The quantitative estimate of drug-likeness (QED) is 0.239. The Morgan fingerprint density at radius 1 is 1.22 bits per heavy atom. The standard InChI is InChI=1S/C27H28ClN7O/c1-15-10-24(30)33-17(3)20(15)13-32-27(36)26-25-21(29)6-5-7-23(25)34-35(26)14-18-8-9-22(31-4)19(12-18)11-16(2)28/h5-12H,4,13-14,29H2,1-3H3,(H2,30,33)(H,32,36)/b16-11+. The van der Waals surface area contributed by atoms with E-state index in [9.17, 15) is 4.79 Å². The van der Waals surface area contributed by atoms with Crippen molar-refractivity contribution in [3.63, 3.8) is 0 Å². The Hall–Kier alpha value is -4.17. The molecule has 5 N–H and O–H groups in total. The van der Waals surface area contributed by atoms with Crippen molar-refractivity contribution < 1.29 is 4.79 Å². The van der Waals surface area contributed by atoms with E-state index in [1.165, 1.54) is 0 Å². The molecule has 2 heterocycles. The average molecular weight is 502 g/mol. The normalized spacial score (nSPS) is 11.6. The van der Waals surface area contributed by atoms with Crippen LogP contribution in [0.3, 0.4) is 0 Å². The zero-order chi connectivity index (χ0) is 26.0. The van der Waals surface area contributed by atoms with Crippen molar-refractivity contribution in [2.75, 3.05) is 11.5 Å². The third-order valence-corrected chi connectivity index (χ3v) is 6.07. The van der Waals surface area contributed by atoms with Gasteiger partial charge in [-0.3, -0.25) is 14.5 Å². The predicted molar refractivity (Wildman–Crippen MR) is 148 cm³/mol. The van der Waals surface area contributed by atoms with E-state index >= 15 is 0 Å². The van der Waals surface area contributed by atoms with Crippen LogP contribution >= 0.6 is 11.6 Å². The van der Waals surface area contributed by atoms with Crippen LogP contribution in [0.4, 0.5) is 17.2 Å². The van der Waals surface area contributed by atoms with Gasteiger partial charge in [0.1, 0.15) is 11.5 Å². The molecule has 0 fully saturated rings. The number of benzene rings is 2. The van der Waals surface area contributed by atoms with Crippen LogP contribution in [0.2, 0.25) is 0 Å². The number of rotatable bonds is 7. The minimum Gasteiger partial charge on any atom is -0.398 e. The van der Waals surface area contributed by atoms with E-state index in [0.29, 0.717) is 46.2 Å². The first kappa shape index (κ1) is 24.9. The van der Waals surface area contributed by atoms with Crippen molar-refractivity contribution in [1.29, 1.82) is 0 Å². The largest absolute Gasteiger partial charge is 0.398 e. The number of nitrogens with two attached hydrogens (primary N) is 2. The first-order valence-corrected chi connectivity index (χ1v) is 11.7. The lowest BCUT2D eigenvalue weighted by molar-refractivity contribution is 0.0942. The number of aryl methyl sites for hydroxylation is 2. The zero-order valence-corrected chi connectivity index (χ0v) is 21.2.